The molecule has 74 valence electrons. The van der Waals surface area contributed by atoms with Crippen LogP contribution in [0.3, 0.4) is 0 Å². The van der Waals surface area contributed by atoms with Crippen molar-refractivity contribution in [2.75, 3.05) is 13.6 Å². The van der Waals surface area contributed by atoms with E-state index in [2.05, 4.69) is 10.3 Å². The summed E-state index contributed by atoms with van der Waals surface area (Å²) in [6, 6.07) is 5.45. The Bertz CT molecular complexity index is 439. The van der Waals surface area contributed by atoms with E-state index < -0.39 is 0 Å². The van der Waals surface area contributed by atoms with Crippen molar-refractivity contribution in [3.05, 3.63) is 29.1 Å². The van der Waals surface area contributed by atoms with Crippen LogP contribution in [-0.4, -0.2) is 18.6 Å². The molecule has 1 aromatic carbocycles. The Morgan fingerprint density at radius 3 is 3.14 bits per heavy atom. The number of oxazole rings is 1. The molecular formula is C10H11ClN2O. The molecule has 1 aromatic heterocycles. The van der Waals surface area contributed by atoms with E-state index in [1.807, 2.05) is 19.2 Å². The number of hydrogen-bond acceptors (Lipinski definition) is 3. The van der Waals surface area contributed by atoms with Crippen LogP contribution < -0.4 is 5.32 Å². The first-order valence-corrected chi connectivity index (χ1v) is 4.87. The largest absolute Gasteiger partial charge is 0.441 e. The molecule has 3 nitrogen and oxygen atoms in total. The Balaban J connectivity index is 2.32. The number of nitrogens with one attached hydrogen (secondary N) is 1. The summed E-state index contributed by atoms with van der Waals surface area (Å²) in [6.07, 6.45) is 0.794. The first-order valence-electron chi connectivity index (χ1n) is 4.49. The molecule has 0 saturated carbocycles. The molecule has 0 fully saturated rings. The summed E-state index contributed by atoms with van der Waals surface area (Å²) in [6.45, 7) is 0.862. The minimum absolute atomic E-state index is 0.686. The molecule has 0 saturated heterocycles. The highest BCUT2D eigenvalue weighted by atomic mass is 35.5. The molecule has 0 radical (unpaired) electrons. The van der Waals surface area contributed by atoms with Gasteiger partial charge in [-0.25, -0.2) is 4.98 Å². The van der Waals surface area contributed by atoms with Gasteiger partial charge in [0.05, 0.1) is 0 Å². The molecular weight excluding hydrogens is 200 g/mol. The van der Waals surface area contributed by atoms with E-state index in [1.54, 1.807) is 6.07 Å². The lowest BCUT2D eigenvalue weighted by molar-refractivity contribution is 0.522. The molecule has 1 N–H and O–H groups in total. The van der Waals surface area contributed by atoms with Crippen LogP contribution in [0.25, 0.3) is 11.1 Å². The van der Waals surface area contributed by atoms with Crippen molar-refractivity contribution in [1.82, 2.24) is 10.3 Å². The van der Waals surface area contributed by atoms with Gasteiger partial charge < -0.3 is 9.73 Å². The Labute approximate surface area is 87.1 Å². The van der Waals surface area contributed by atoms with Gasteiger partial charge in [0.15, 0.2) is 11.5 Å². The maximum atomic E-state index is 5.84. The number of benzene rings is 1. The zero-order valence-corrected chi connectivity index (χ0v) is 8.64. The third kappa shape index (κ3) is 1.89. The van der Waals surface area contributed by atoms with E-state index in [-0.39, 0.29) is 0 Å². The average molecular weight is 211 g/mol. The van der Waals surface area contributed by atoms with Gasteiger partial charge in [-0.2, -0.15) is 0 Å². The fraction of sp³-hybridized carbons (Fsp3) is 0.300. The van der Waals surface area contributed by atoms with Gasteiger partial charge in [0.1, 0.15) is 5.52 Å². The molecule has 2 rings (SSSR count). The summed E-state index contributed by atoms with van der Waals surface area (Å²) in [5, 5.41) is 3.73. The fourth-order valence-corrected chi connectivity index (χ4v) is 1.45. The quantitative estimate of drug-likeness (QED) is 0.845. The summed E-state index contributed by atoms with van der Waals surface area (Å²) < 4.78 is 5.52. The molecule has 0 bridgehead atoms. The Morgan fingerprint density at radius 1 is 1.50 bits per heavy atom. The van der Waals surface area contributed by atoms with Gasteiger partial charge in [-0.15, -0.1) is 0 Å². The van der Waals surface area contributed by atoms with Gasteiger partial charge in [-0.1, -0.05) is 11.6 Å². The van der Waals surface area contributed by atoms with E-state index in [9.17, 15) is 0 Å². The van der Waals surface area contributed by atoms with E-state index in [1.165, 1.54) is 0 Å². The van der Waals surface area contributed by atoms with Crippen molar-refractivity contribution < 1.29 is 4.42 Å². The molecule has 0 amide bonds. The second kappa shape index (κ2) is 3.98. The fourth-order valence-electron chi connectivity index (χ4n) is 1.29. The monoisotopic (exact) mass is 210 g/mol. The minimum atomic E-state index is 0.686. The van der Waals surface area contributed by atoms with Crippen LogP contribution in [0.1, 0.15) is 5.89 Å². The molecule has 0 aliphatic carbocycles. The highest BCUT2D eigenvalue weighted by Gasteiger charge is 2.04. The van der Waals surface area contributed by atoms with Crippen LogP contribution in [0.5, 0.6) is 0 Å². The molecule has 0 spiro atoms. The van der Waals surface area contributed by atoms with Crippen molar-refractivity contribution in [2.24, 2.45) is 0 Å². The lowest BCUT2D eigenvalue weighted by Gasteiger charge is -1.91. The number of halogens is 1. The molecule has 0 unspecified atom stereocenters. The topological polar surface area (TPSA) is 38.1 Å². The smallest absolute Gasteiger partial charge is 0.196 e. The van der Waals surface area contributed by atoms with Gasteiger partial charge in [-0.05, 0) is 25.2 Å². The van der Waals surface area contributed by atoms with Crippen LogP contribution in [0.15, 0.2) is 22.6 Å². The third-order valence-electron chi connectivity index (χ3n) is 1.98. The molecule has 0 atom stereocenters. The lowest BCUT2D eigenvalue weighted by atomic mass is 10.3. The lowest BCUT2D eigenvalue weighted by Crippen LogP contribution is -2.10. The molecule has 1 heterocycles. The SMILES string of the molecule is CNCCc1nc2cc(Cl)ccc2o1. The molecule has 2 aromatic rings. The number of aromatic nitrogens is 1. The highest BCUT2D eigenvalue weighted by Crippen LogP contribution is 2.19. The number of nitrogens with zero attached hydrogens (tertiary/aromatic N) is 1. The zero-order chi connectivity index (χ0) is 9.97. The predicted molar refractivity (Wildman–Crippen MR) is 56.6 cm³/mol. The molecule has 0 aliphatic rings. The van der Waals surface area contributed by atoms with Crippen LogP contribution in [0.2, 0.25) is 5.02 Å². The van der Waals surface area contributed by atoms with Crippen molar-refractivity contribution >= 4 is 22.7 Å². The zero-order valence-electron chi connectivity index (χ0n) is 7.88. The Hall–Kier alpha value is -1.06. The van der Waals surface area contributed by atoms with E-state index >= 15 is 0 Å². The standard InChI is InChI=1S/C10H11ClN2O/c1-12-5-4-10-13-8-6-7(11)2-3-9(8)14-10/h2-3,6,12H,4-5H2,1H3. The number of rotatable bonds is 3. The van der Waals surface area contributed by atoms with Crippen LogP contribution in [0, 0.1) is 0 Å². The summed E-state index contributed by atoms with van der Waals surface area (Å²) in [5.74, 6) is 0.747. The molecule has 4 heteroatoms. The maximum Gasteiger partial charge on any atom is 0.196 e. The number of hydrogen-bond donors (Lipinski definition) is 1. The predicted octanol–water partition coefficient (Wildman–Crippen LogP) is 2.24. The Morgan fingerprint density at radius 2 is 2.36 bits per heavy atom. The van der Waals surface area contributed by atoms with Crippen molar-refractivity contribution in [2.45, 2.75) is 6.42 Å². The van der Waals surface area contributed by atoms with Crippen molar-refractivity contribution in [3.8, 4) is 0 Å². The highest BCUT2D eigenvalue weighted by molar-refractivity contribution is 6.31. The minimum Gasteiger partial charge on any atom is -0.441 e. The maximum absolute atomic E-state index is 5.84. The van der Waals surface area contributed by atoms with Crippen LogP contribution in [0.4, 0.5) is 0 Å². The summed E-state index contributed by atoms with van der Waals surface area (Å²) >= 11 is 5.84. The van der Waals surface area contributed by atoms with Gasteiger partial charge in [0.25, 0.3) is 0 Å². The van der Waals surface area contributed by atoms with Crippen molar-refractivity contribution in [3.63, 3.8) is 0 Å². The normalized spacial score (nSPS) is 11.0. The summed E-state index contributed by atoms with van der Waals surface area (Å²) in [4.78, 5) is 4.32. The van der Waals surface area contributed by atoms with Gasteiger partial charge in [0.2, 0.25) is 0 Å². The second-order valence-corrected chi connectivity index (χ2v) is 3.51. The van der Waals surface area contributed by atoms with Crippen LogP contribution in [-0.2, 0) is 6.42 Å². The van der Waals surface area contributed by atoms with E-state index in [4.69, 9.17) is 16.0 Å². The molecule has 14 heavy (non-hydrogen) atoms. The van der Waals surface area contributed by atoms with Gasteiger partial charge in [0, 0.05) is 18.0 Å². The first-order chi connectivity index (χ1) is 6.79. The third-order valence-corrected chi connectivity index (χ3v) is 2.22. The van der Waals surface area contributed by atoms with Crippen molar-refractivity contribution in [1.29, 1.82) is 0 Å². The first kappa shape index (κ1) is 9.49. The van der Waals surface area contributed by atoms with Gasteiger partial charge >= 0.3 is 0 Å². The van der Waals surface area contributed by atoms with E-state index in [0.717, 1.165) is 30.0 Å². The Kier molecular flexibility index (Phi) is 2.70. The summed E-state index contributed by atoms with van der Waals surface area (Å²) in [5.41, 5.74) is 1.61. The van der Waals surface area contributed by atoms with Crippen LogP contribution >= 0.6 is 11.6 Å². The number of likely N-dealkylation sites (N-methyl/N-ethyl adjacent to an activating group) is 1. The average Bonchev–Trinajstić information content (AvgIpc) is 2.56. The summed E-state index contributed by atoms with van der Waals surface area (Å²) in [7, 11) is 1.90. The number of fused-ring (bicyclic) bond motifs is 1. The van der Waals surface area contributed by atoms with E-state index in [0.29, 0.717) is 5.02 Å². The second-order valence-electron chi connectivity index (χ2n) is 3.07. The van der Waals surface area contributed by atoms with Gasteiger partial charge in [-0.3, -0.25) is 0 Å². The molecule has 0 aliphatic heterocycles.